The zero-order valence-electron chi connectivity index (χ0n) is 9.66. The average molecular weight is 306 g/mol. The van der Waals surface area contributed by atoms with Crippen molar-refractivity contribution in [3.63, 3.8) is 0 Å². The number of rotatable bonds is 6. The molecule has 0 aliphatic heterocycles. The number of nitrogens with one attached hydrogen (secondary N) is 1. The summed E-state index contributed by atoms with van der Waals surface area (Å²) in [5.74, 6) is 1.16. The third-order valence-corrected chi connectivity index (χ3v) is 3.73. The lowest BCUT2D eigenvalue weighted by atomic mass is 10.3. The van der Waals surface area contributed by atoms with Crippen LogP contribution in [0.3, 0.4) is 0 Å². The van der Waals surface area contributed by atoms with Crippen LogP contribution in [0.15, 0.2) is 10.7 Å². The molecule has 1 atom stereocenters. The highest BCUT2D eigenvalue weighted by atomic mass is 79.9. The molecule has 6 heteroatoms. The van der Waals surface area contributed by atoms with Crippen LogP contribution < -0.4 is 10.1 Å². The van der Waals surface area contributed by atoms with Gasteiger partial charge in [-0.15, -0.1) is 0 Å². The van der Waals surface area contributed by atoms with Crippen LogP contribution in [0.1, 0.15) is 13.3 Å². The first-order chi connectivity index (χ1) is 7.67. The van der Waals surface area contributed by atoms with Gasteiger partial charge in [0.1, 0.15) is 0 Å². The molecule has 1 heterocycles. The maximum absolute atomic E-state index is 5.09. The van der Waals surface area contributed by atoms with Gasteiger partial charge in [0.2, 0.25) is 11.8 Å². The average Bonchev–Trinajstić information content (AvgIpc) is 2.31. The van der Waals surface area contributed by atoms with Crippen LogP contribution in [0.4, 0.5) is 5.95 Å². The molecule has 1 aromatic rings. The van der Waals surface area contributed by atoms with Crippen molar-refractivity contribution in [2.75, 3.05) is 25.2 Å². The number of halogens is 1. The second-order valence-electron chi connectivity index (χ2n) is 3.31. The zero-order valence-corrected chi connectivity index (χ0v) is 12.1. The number of ether oxygens (including phenoxy) is 1. The Bertz CT molecular complexity index is 338. The molecular formula is C10H16BrN3OS. The molecule has 0 spiro atoms. The zero-order chi connectivity index (χ0) is 12.0. The molecule has 1 N–H and O–H groups in total. The first-order valence-corrected chi connectivity index (χ1v) is 7.08. The van der Waals surface area contributed by atoms with Gasteiger partial charge in [-0.05, 0) is 28.6 Å². The second kappa shape index (κ2) is 6.96. The van der Waals surface area contributed by atoms with Gasteiger partial charge in [0.05, 0.1) is 17.8 Å². The van der Waals surface area contributed by atoms with Crippen molar-refractivity contribution >= 4 is 33.6 Å². The maximum atomic E-state index is 5.09. The molecule has 0 aliphatic carbocycles. The number of methoxy groups -OCH3 is 1. The van der Waals surface area contributed by atoms with Gasteiger partial charge in [-0.1, -0.05) is 6.92 Å². The normalized spacial score (nSPS) is 12.2. The summed E-state index contributed by atoms with van der Waals surface area (Å²) in [4.78, 5) is 8.37. The van der Waals surface area contributed by atoms with E-state index in [1.54, 1.807) is 13.3 Å². The lowest BCUT2D eigenvalue weighted by Gasteiger charge is -2.09. The smallest absolute Gasteiger partial charge is 0.232 e. The Morgan fingerprint density at radius 2 is 2.38 bits per heavy atom. The number of nitrogens with zero attached hydrogens (tertiary/aromatic N) is 2. The highest BCUT2D eigenvalue weighted by molar-refractivity contribution is 9.10. The van der Waals surface area contributed by atoms with Crippen LogP contribution in [0.2, 0.25) is 0 Å². The molecule has 0 fully saturated rings. The summed E-state index contributed by atoms with van der Waals surface area (Å²) in [5, 5.41) is 3.82. The lowest BCUT2D eigenvalue weighted by molar-refractivity contribution is 0.394. The molecule has 90 valence electrons. The first-order valence-electron chi connectivity index (χ1n) is 5.00. The van der Waals surface area contributed by atoms with Crippen molar-refractivity contribution in [3.05, 3.63) is 10.7 Å². The summed E-state index contributed by atoms with van der Waals surface area (Å²) in [6, 6.07) is 0. The van der Waals surface area contributed by atoms with Crippen LogP contribution in [0, 0.1) is 0 Å². The quantitative estimate of drug-likeness (QED) is 0.875. The Kier molecular flexibility index (Phi) is 5.90. The molecular weight excluding hydrogens is 290 g/mol. The third kappa shape index (κ3) is 4.17. The van der Waals surface area contributed by atoms with Crippen LogP contribution in [0.5, 0.6) is 5.88 Å². The van der Waals surface area contributed by atoms with Crippen molar-refractivity contribution in [3.8, 4) is 5.88 Å². The van der Waals surface area contributed by atoms with Gasteiger partial charge in [-0.3, -0.25) is 0 Å². The molecule has 0 saturated heterocycles. The van der Waals surface area contributed by atoms with Gasteiger partial charge in [-0.2, -0.15) is 16.7 Å². The number of hydrogen-bond donors (Lipinski definition) is 1. The number of hydrogen-bond acceptors (Lipinski definition) is 5. The van der Waals surface area contributed by atoms with Gasteiger partial charge in [0, 0.05) is 11.8 Å². The number of aromatic nitrogens is 2. The minimum atomic E-state index is 0.551. The summed E-state index contributed by atoms with van der Waals surface area (Å²) in [6.45, 7) is 3.07. The first kappa shape index (κ1) is 13.6. The van der Waals surface area contributed by atoms with Gasteiger partial charge < -0.3 is 10.1 Å². The predicted molar refractivity (Wildman–Crippen MR) is 72.4 cm³/mol. The Labute approximate surface area is 109 Å². The Balaban J connectivity index is 2.48. The van der Waals surface area contributed by atoms with E-state index in [0.29, 0.717) is 17.1 Å². The summed E-state index contributed by atoms with van der Waals surface area (Å²) >= 11 is 5.17. The summed E-state index contributed by atoms with van der Waals surface area (Å²) in [5.41, 5.74) is 0. The Hall–Kier alpha value is -0.490. The molecule has 0 bridgehead atoms. The van der Waals surface area contributed by atoms with Gasteiger partial charge in [0.15, 0.2) is 0 Å². The van der Waals surface area contributed by atoms with E-state index in [2.05, 4.69) is 44.4 Å². The molecule has 1 rings (SSSR count). The number of thioether (sulfide) groups is 1. The molecule has 0 aromatic carbocycles. The van der Waals surface area contributed by atoms with E-state index in [9.17, 15) is 0 Å². The molecule has 0 amide bonds. The summed E-state index contributed by atoms with van der Waals surface area (Å²) in [7, 11) is 1.59. The van der Waals surface area contributed by atoms with E-state index < -0.39 is 0 Å². The standard InChI is InChI=1S/C10H16BrN3OS/c1-7(16-3)4-5-12-10-13-6-8(11)9(14-10)15-2/h6-7H,4-5H2,1-3H3,(H,12,13,14). The van der Waals surface area contributed by atoms with Crippen molar-refractivity contribution in [1.82, 2.24) is 9.97 Å². The molecule has 16 heavy (non-hydrogen) atoms. The fourth-order valence-electron chi connectivity index (χ4n) is 1.08. The van der Waals surface area contributed by atoms with Crippen molar-refractivity contribution in [2.24, 2.45) is 0 Å². The second-order valence-corrected chi connectivity index (χ2v) is 5.44. The van der Waals surface area contributed by atoms with Crippen LogP contribution >= 0.6 is 27.7 Å². The van der Waals surface area contributed by atoms with E-state index in [-0.39, 0.29) is 0 Å². The SMILES string of the molecule is COc1nc(NCCC(C)SC)ncc1Br. The maximum Gasteiger partial charge on any atom is 0.232 e. The molecule has 0 aliphatic rings. The molecule has 0 radical (unpaired) electrons. The van der Waals surface area contributed by atoms with Gasteiger partial charge >= 0.3 is 0 Å². The minimum absolute atomic E-state index is 0.551. The third-order valence-electron chi connectivity index (χ3n) is 2.14. The van der Waals surface area contributed by atoms with Gasteiger partial charge in [-0.25, -0.2) is 4.98 Å². The van der Waals surface area contributed by atoms with E-state index in [0.717, 1.165) is 17.4 Å². The van der Waals surface area contributed by atoms with E-state index >= 15 is 0 Å². The summed E-state index contributed by atoms with van der Waals surface area (Å²) < 4.78 is 5.85. The van der Waals surface area contributed by atoms with Crippen molar-refractivity contribution in [2.45, 2.75) is 18.6 Å². The fraction of sp³-hybridized carbons (Fsp3) is 0.600. The topological polar surface area (TPSA) is 47.0 Å². The minimum Gasteiger partial charge on any atom is -0.480 e. The van der Waals surface area contributed by atoms with Crippen LogP contribution in [-0.4, -0.2) is 35.1 Å². The van der Waals surface area contributed by atoms with Crippen LogP contribution in [0.25, 0.3) is 0 Å². The predicted octanol–water partition coefficient (Wildman–Crippen LogP) is 2.80. The van der Waals surface area contributed by atoms with Crippen molar-refractivity contribution in [1.29, 1.82) is 0 Å². The summed E-state index contributed by atoms with van der Waals surface area (Å²) in [6.07, 6.45) is 4.89. The Morgan fingerprint density at radius 3 is 3.00 bits per heavy atom. The highest BCUT2D eigenvalue weighted by Gasteiger charge is 2.05. The fourth-order valence-corrected chi connectivity index (χ4v) is 1.79. The Morgan fingerprint density at radius 1 is 1.62 bits per heavy atom. The van der Waals surface area contributed by atoms with Crippen molar-refractivity contribution < 1.29 is 4.74 Å². The molecule has 1 unspecified atom stereocenters. The largest absolute Gasteiger partial charge is 0.480 e. The van der Waals surface area contributed by atoms with Crippen LogP contribution in [-0.2, 0) is 0 Å². The molecule has 4 nitrogen and oxygen atoms in total. The number of anilines is 1. The van der Waals surface area contributed by atoms with E-state index in [1.165, 1.54) is 0 Å². The van der Waals surface area contributed by atoms with Gasteiger partial charge in [0.25, 0.3) is 0 Å². The molecule has 0 saturated carbocycles. The van der Waals surface area contributed by atoms with E-state index in [1.807, 2.05) is 11.8 Å². The molecule has 1 aromatic heterocycles. The lowest BCUT2D eigenvalue weighted by Crippen LogP contribution is -2.10. The highest BCUT2D eigenvalue weighted by Crippen LogP contribution is 2.21. The monoisotopic (exact) mass is 305 g/mol. The van der Waals surface area contributed by atoms with E-state index in [4.69, 9.17) is 4.74 Å².